The van der Waals surface area contributed by atoms with Crippen molar-refractivity contribution in [2.45, 2.75) is 13.1 Å². The third kappa shape index (κ3) is 10.3. The number of aliphatic carboxylic acids is 4. The summed E-state index contributed by atoms with van der Waals surface area (Å²) in [5, 5.41) is 40.2. The molecule has 0 atom stereocenters. The van der Waals surface area contributed by atoms with E-state index in [9.17, 15) is 19.2 Å². The molecule has 0 unspecified atom stereocenters. The summed E-state index contributed by atoms with van der Waals surface area (Å²) in [7, 11) is 1.87. The van der Waals surface area contributed by atoms with E-state index in [1.165, 1.54) is 0 Å². The highest BCUT2D eigenvalue weighted by molar-refractivity contribution is 6.36. The van der Waals surface area contributed by atoms with E-state index in [1.54, 1.807) is 0 Å². The van der Waals surface area contributed by atoms with Crippen molar-refractivity contribution in [1.82, 2.24) is 20.1 Å². The maximum Gasteiger partial charge on any atom is 0.328 e. The first kappa shape index (κ1) is 32.4. The van der Waals surface area contributed by atoms with E-state index in [1.807, 2.05) is 54.2 Å². The van der Waals surface area contributed by atoms with Gasteiger partial charge in [0.25, 0.3) is 0 Å². The van der Waals surface area contributed by atoms with Gasteiger partial charge in [0.15, 0.2) is 11.6 Å². The number of carboxylic acids is 4. The molecule has 0 saturated heterocycles. The predicted molar refractivity (Wildman–Crippen MR) is 149 cm³/mol. The fraction of sp³-hybridized carbons (Fsp3) is 0.115. The number of hydrogen-bond acceptors (Lipinski definition) is 8. The van der Waals surface area contributed by atoms with Gasteiger partial charge in [-0.05, 0) is 31.3 Å². The van der Waals surface area contributed by atoms with Crippen molar-refractivity contribution in [3.05, 3.63) is 99.6 Å². The first-order chi connectivity index (χ1) is 19.4. The maximum absolute atomic E-state index is 9.55. The molecule has 5 N–H and O–H groups in total. The second-order valence-corrected chi connectivity index (χ2v) is 8.56. The van der Waals surface area contributed by atoms with E-state index < -0.39 is 23.9 Å². The fourth-order valence-corrected chi connectivity index (χ4v) is 3.60. The zero-order chi connectivity index (χ0) is 30.5. The van der Waals surface area contributed by atoms with Gasteiger partial charge < -0.3 is 25.7 Å². The largest absolute Gasteiger partial charge is 0.478 e. The lowest BCUT2D eigenvalue weighted by atomic mass is 10.0. The molecule has 1 aliphatic rings. The number of aliphatic imine (C=N–C) groups is 1. The summed E-state index contributed by atoms with van der Waals surface area (Å²) in [6.07, 6.45) is 2.23. The summed E-state index contributed by atoms with van der Waals surface area (Å²) < 4.78 is 1.84. The van der Waals surface area contributed by atoms with Crippen molar-refractivity contribution in [3.8, 4) is 5.69 Å². The molecule has 0 bridgehead atoms. The Morgan fingerprint density at radius 2 is 1.44 bits per heavy atom. The summed E-state index contributed by atoms with van der Waals surface area (Å²) in [6, 6.07) is 13.3. The summed E-state index contributed by atoms with van der Waals surface area (Å²) >= 11 is 12.7. The molecule has 0 radical (unpaired) electrons. The summed E-state index contributed by atoms with van der Waals surface area (Å²) in [6.45, 7) is 1.02. The van der Waals surface area contributed by atoms with Gasteiger partial charge in [0.05, 0.1) is 24.5 Å². The number of nitrogens with zero attached hydrogens (tertiary/aromatic N) is 4. The number of carboxylic acid groups (broad SMARTS) is 4. The van der Waals surface area contributed by atoms with Gasteiger partial charge >= 0.3 is 23.9 Å². The number of hydrogen-bond donors (Lipinski definition) is 5. The first-order valence-corrected chi connectivity index (χ1v) is 12.2. The van der Waals surface area contributed by atoms with Crippen molar-refractivity contribution < 1.29 is 39.6 Å². The Kier molecular flexibility index (Phi) is 12.4. The van der Waals surface area contributed by atoms with E-state index in [-0.39, 0.29) is 0 Å². The quantitative estimate of drug-likeness (QED) is 0.248. The van der Waals surface area contributed by atoms with Gasteiger partial charge in [-0.15, -0.1) is 5.10 Å². The van der Waals surface area contributed by atoms with E-state index in [0.29, 0.717) is 47.4 Å². The Balaban J connectivity index is 0.000000304. The molecule has 0 spiro atoms. The Labute approximate surface area is 242 Å². The van der Waals surface area contributed by atoms with Crippen molar-refractivity contribution in [3.63, 3.8) is 0 Å². The second-order valence-electron chi connectivity index (χ2n) is 7.71. The van der Waals surface area contributed by atoms with Crippen LogP contribution in [0.25, 0.3) is 5.69 Å². The second kappa shape index (κ2) is 15.7. The van der Waals surface area contributed by atoms with Gasteiger partial charge in [-0.25, -0.2) is 28.8 Å². The SMILES string of the molecule is CNCc1nc2n(n1)-c1ccc(Cl)cc1C(c1ccccc1Cl)=NC2.O=C(O)/C=C/C(=O)O.O=C(O)/C=C/C(=O)O. The highest BCUT2D eigenvalue weighted by Gasteiger charge is 2.23. The Hall–Kier alpha value is -4.85. The third-order valence-electron chi connectivity index (χ3n) is 4.74. The van der Waals surface area contributed by atoms with Crippen LogP contribution in [0.1, 0.15) is 22.8 Å². The van der Waals surface area contributed by atoms with Crippen LogP contribution in [0.15, 0.2) is 71.8 Å². The summed E-state index contributed by atoms with van der Waals surface area (Å²) in [4.78, 5) is 47.6. The lowest BCUT2D eigenvalue weighted by Gasteiger charge is -2.12. The number of benzene rings is 2. The van der Waals surface area contributed by atoms with Crippen molar-refractivity contribution >= 4 is 52.8 Å². The lowest BCUT2D eigenvalue weighted by Crippen LogP contribution is -2.10. The molecule has 214 valence electrons. The zero-order valence-corrected chi connectivity index (χ0v) is 22.7. The van der Waals surface area contributed by atoms with E-state index in [4.69, 9.17) is 48.6 Å². The molecule has 4 rings (SSSR count). The van der Waals surface area contributed by atoms with Crippen LogP contribution < -0.4 is 5.32 Å². The molecule has 2 heterocycles. The number of aromatic nitrogens is 3. The molecule has 2 aromatic carbocycles. The van der Waals surface area contributed by atoms with Crippen LogP contribution in [-0.4, -0.2) is 71.8 Å². The third-order valence-corrected chi connectivity index (χ3v) is 5.30. The van der Waals surface area contributed by atoms with E-state index in [2.05, 4.69) is 15.4 Å². The molecular weight excluding hydrogens is 581 g/mol. The van der Waals surface area contributed by atoms with Crippen molar-refractivity contribution in [2.24, 2.45) is 4.99 Å². The fourth-order valence-electron chi connectivity index (χ4n) is 3.21. The molecular formula is C26H23Cl2N5O8. The Bertz CT molecular complexity index is 1470. The normalized spacial score (nSPS) is 11.6. The molecule has 13 nitrogen and oxygen atoms in total. The van der Waals surface area contributed by atoms with Crippen molar-refractivity contribution in [2.75, 3.05) is 7.05 Å². The highest BCUT2D eigenvalue weighted by atomic mass is 35.5. The minimum Gasteiger partial charge on any atom is -0.478 e. The standard InChI is InChI=1S/C18H15Cl2N5.2C4H4O4/c1-21-9-16-23-17-10-22-18(12-4-2-3-5-14(12)20)13-8-11(19)6-7-15(13)25(17)24-16;2*5-3(6)1-2-4(7)8/h2-8,21H,9-10H2,1H3;2*1-2H,(H,5,6)(H,7,8)/b;2*2-1+. The maximum atomic E-state index is 9.55. The molecule has 41 heavy (non-hydrogen) atoms. The van der Waals surface area contributed by atoms with Crippen LogP contribution in [0.5, 0.6) is 0 Å². The van der Waals surface area contributed by atoms with Crippen LogP contribution in [0.4, 0.5) is 0 Å². The molecule has 3 aromatic rings. The van der Waals surface area contributed by atoms with Gasteiger partial charge in [-0.1, -0.05) is 41.4 Å². The summed E-state index contributed by atoms with van der Waals surface area (Å²) in [5.74, 6) is -3.51. The van der Waals surface area contributed by atoms with Gasteiger partial charge in [0.2, 0.25) is 0 Å². The molecule has 1 aliphatic heterocycles. The minimum absolute atomic E-state index is 0.420. The highest BCUT2D eigenvalue weighted by Crippen LogP contribution is 2.29. The molecule has 1 aromatic heterocycles. The smallest absolute Gasteiger partial charge is 0.328 e. The Morgan fingerprint density at radius 1 is 0.878 bits per heavy atom. The van der Waals surface area contributed by atoms with Crippen LogP contribution in [0, 0.1) is 0 Å². The number of nitrogens with one attached hydrogen (secondary N) is 1. The van der Waals surface area contributed by atoms with Crippen LogP contribution >= 0.6 is 23.2 Å². The van der Waals surface area contributed by atoms with Crippen LogP contribution in [-0.2, 0) is 32.3 Å². The van der Waals surface area contributed by atoms with Crippen molar-refractivity contribution in [1.29, 1.82) is 0 Å². The van der Waals surface area contributed by atoms with Gasteiger partial charge in [-0.3, -0.25) is 4.99 Å². The predicted octanol–water partition coefficient (Wildman–Crippen LogP) is 3.07. The topological polar surface area (TPSA) is 204 Å². The average molecular weight is 604 g/mol. The van der Waals surface area contributed by atoms with Gasteiger partial charge in [-0.2, -0.15) is 0 Å². The molecule has 0 fully saturated rings. The molecule has 0 amide bonds. The first-order valence-electron chi connectivity index (χ1n) is 11.4. The summed E-state index contributed by atoms with van der Waals surface area (Å²) in [5.41, 5.74) is 3.45. The lowest BCUT2D eigenvalue weighted by molar-refractivity contribution is -0.134. The van der Waals surface area contributed by atoms with Crippen LogP contribution in [0.2, 0.25) is 10.0 Å². The monoisotopic (exact) mass is 603 g/mol. The van der Waals surface area contributed by atoms with Crippen LogP contribution in [0.3, 0.4) is 0 Å². The molecule has 0 saturated carbocycles. The Morgan fingerprint density at radius 3 is 1.95 bits per heavy atom. The number of rotatable bonds is 7. The number of carbonyl (C=O) groups is 4. The minimum atomic E-state index is -1.26. The number of halogens is 2. The molecule has 0 aliphatic carbocycles. The van der Waals surface area contributed by atoms with E-state index in [0.717, 1.165) is 34.2 Å². The zero-order valence-electron chi connectivity index (χ0n) is 21.2. The van der Waals surface area contributed by atoms with Gasteiger partial charge in [0, 0.05) is 45.5 Å². The van der Waals surface area contributed by atoms with Gasteiger partial charge in [0.1, 0.15) is 0 Å². The number of fused-ring (bicyclic) bond motifs is 3. The van der Waals surface area contributed by atoms with E-state index >= 15 is 0 Å². The average Bonchev–Trinajstić information content (AvgIpc) is 3.24. The molecule has 15 heteroatoms.